The molecule has 20 heavy (non-hydrogen) atoms. The third kappa shape index (κ3) is 4.88. The number of aromatic hydroxyl groups is 1. The second-order valence-corrected chi connectivity index (χ2v) is 5.75. The Kier molecular flexibility index (Phi) is 5.51. The lowest BCUT2D eigenvalue weighted by atomic mass is 10.1. The number of benzene rings is 1. The Morgan fingerprint density at radius 3 is 2.60 bits per heavy atom. The zero-order chi connectivity index (χ0) is 15.3. The maximum Gasteiger partial charge on any atom is 0.337 e. The van der Waals surface area contributed by atoms with Crippen LogP contribution in [0.4, 0.5) is 10.5 Å². The van der Waals surface area contributed by atoms with Crippen LogP contribution < -0.4 is 10.6 Å². The number of hydrogen-bond donors (Lipinski definition) is 4. The summed E-state index contributed by atoms with van der Waals surface area (Å²) in [7, 11) is -1.04. The number of phenols is 1. The minimum Gasteiger partial charge on any atom is -0.508 e. The van der Waals surface area contributed by atoms with Crippen molar-refractivity contribution < 1.29 is 24.0 Å². The number of carbonyl (C=O) groups excluding carboxylic acids is 1. The van der Waals surface area contributed by atoms with Gasteiger partial charge in [-0.05, 0) is 25.1 Å². The minimum atomic E-state index is -1.26. The van der Waals surface area contributed by atoms with Gasteiger partial charge in [0.25, 0.3) is 0 Å². The van der Waals surface area contributed by atoms with Crippen LogP contribution in [0, 0.1) is 0 Å². The monoisotopic (exact) mass is 300 g/mol. The van der Waals surface area contributed by atoms with Gasteiger partial charge in [-0.15, -0.1) is 0 Å². The highest BCUT2D eigenvalue weighted by atomic mass is 32.2. The predicted molar refractivity (Wildman–Crippen MR) is 75.6 cm³/mol. The van der Waals surface area contributed by atoms with Gasteiger partial charge in [-0.25, -0.2) is 9.59 Å². The fraction of sp³-hybridized carbons (Fsp3) is 0.333. The lowest BCUT2D eigenvalue weighted by molar-refractivity contribution is 0.0697. The number of urea groups is 1. The van der Waals surface area contributed by atoms with E-state index in [1.807, 2.05) is 0 Å². The van der Waals surface area contributed by atoms with Crippen molar-refractivity contribution >= 4 is 28.5 Å². The van der Waals surface area contributed by atoms with Gasteiger partial charge >= 0.3 is 12.0 Å². The van der Waals surface area contributed by atoms with Crippen molar-refractivity contribution in [3.63, 3.8) is 0 Å². The highest BCUT2D eigenvalue weighted by Gasteiger charge is 2.14. The third-order valence-corrected chi connectivity index (χ3v) is 3.31. The highest BCUT2D eigenvalue weighted by Crippen LogP contribution is 2.21. The summed E-state index contributed by atoms with van der Waals surface area (Å²) in [6.07, 6.45) is 1.53. The molecular formula is C12H16N2O5S. The van der Waals surface area contributed by atoms with Crippen molar-refractivity contribution in [2.75, 3.05) is 17.3 Å². The van der Waals surface area contributed by atoms with Crippen molar-refractivity contribution in [3.8, 4) is 5.75 Å². The second kappa shape index (κ2) is 6.90. The van der Waals surface area contributed by atoms with Gasteiger partial charge in [-0.2, -0.15) is 0 Å². The predicted octanol–water partition coefficient (Wildman–Crippen LogP) is 0.979. The molecule has 4 N–H and O–H groups in total. The van der Waals surface area contributed by atoms with Crippen molar-refractivity contribution in [2.24, 2.45) is 0 Å². The average Bonchev–Trinajstić information content (AvgIpc) is 2.29. The Labute approximate surface area is 118 Å². The summed E-state index contributed by atoms with van der Waals surface area (Å²) in [6, 6.07) is 2.69. The Bertz CT molecular complexity index is 547. The van der Waals surface area contributed by atoms with E-state index < -0.39 is 22.8 Å². The van der Waals surface area contributed by atoms with Gasteiger partial charge in [0.15, 0.2) is 0 Å². The van der Waals surface area contributed by atoms with E-state index in [0.717, 1.165) is 6.07 Å². The Balaban J connectivity index is 2.76. The first-order valence-corrected chi connectivity index (χ1v) is 7.46. The van der Waals surface area contributed by atoms with E-state index in [9.17, 15) is 18.9 Å². The smallest absolute Gasteiger partial charge is 0.337 e. The largest absolute Gasteiger partial charge is 0.508 e. The molecule has 0 radical (unpaired) electrons. The Morgan fingerprint density at radius 1 is 1.40 bits per heavy atom. The quantitative estimate of drug-likeness (QED) is 0.605. The van der Waals surface area contributed by atoms with Gasteiger partial charge in [0.05, 0.1) is 11.3 Å². The highest BCUT2D eigenvalue weighted by molar-refractivity contribution is 7.84. The molecule has 0 aliphatic rings. The van der Waals surface area contributed by atoms with Crippen LogP contribution >= 0.6 is 0 Å². The molecule has 0 saturated carbocycles. The first-order chi connectivity index (χ1) is 9.29. The Hall–Kier alpha value is -2.09. The first kappa shape index (κ1) is 16.0. The van der Waals surface area contributed by atoms with Gasteiger partial charge < -0.3 is 20.8 Å². The van der Waals surface area contributed by atoms with Crippen LogP contribution in [0.5, 0.6) is 5.75 Å². The second-order valence-electron chi connectivity index (χ2n) is 4.27. The molecule has 1 aromatic rings. The summed E-state index contributed by atoms with van der Waals surface area (Å²) in [5, 5.41) is 23.1. The number of carboxylic acid groups (broad SMARTS) is 1. The number of aromatic carboxylic acids is 1. The van der Waals surface area contributed by atoms with E-state index in [4.69, 9.17) is 5.11 Å². The number of anilines is 1. The number of nitrogens with one attached hydrogen (secondary N) is 2. The van der Waals surface area contributed by atoms with Crippen molar-refractivity contribution in [3.05, 3.63) is 23.8 Å². The normalized spacial score (nSPS) is 13.3. The molecule has 110 valence electrons. The first-order valence-electron chi connectivity index (χ1n) is 5.73. The molecule has 0 spiro atoms. The van der Waals surface area contributed by atoms with E-state index in [0.29, 0.717) is 5.75 Å². The molecule has 0 saturated heterocycles. The summed E-state index contributed by atoms with van der Waals surface area (Å²) in [4.78, 5) is 22.7. The lowest BCUT2D eigenvalue weighted by Crippen LogP contribution is -2.39. The maximum absolute atomic E-state index is 11.7. The van der Waals surface area contributed by atoms with E-state index >= 15 is 0 Å². The molecular weight excluding hydrogens is 284 g/mol. The van der Waals surface area contributed by atoms with E-state index in [-0.39, 0.29) is 23.0 Å². The van der Waals surface area contributed by atoms with E-state index in [1.165, 1.54) is 18.4 Å². The van der Waals surface area contributed by atoms with Crippen LogP contribution in [-0.4, -0.2) is 44.5 Å². The topological polar surface area (TPSA) is 116 Å². The SMILES string of the molecule is CC(CS(C)=O)NC(=O)Nc1ccc(O)cc1C(=O)O. The molecule has 0 aliphatic carbocycles. The van der Waals surface area contributed by atoms with Crippen LogP contribution in [0.2, 0.25) is 0 Å². The molecule has 0 fully saturated rings. The van der Waals surface area contributed by atoms with Crippen molar-refractivity contribution in [1.29, 1.82) is 0 Å². The molecule has 0 bridgehead atoms. The fourth-order valence-electron chi connectivity index (χ4n) is 1.59. The summed E-state index contributed by atoms with van der Waals surface area (Å²) in [6.45, 7) is 1.69. The number of rotatable bonds is 5. The van der Waals surface area contributed by atoms with Gasteiger partial charge in [-0.3, -0.25) is 4.21 Å². The summed E-state index contributed by atoms with van der Waals surface area (Å²) >= 11 is 0. The summed E-state index contributed by atoms with van der Waals surface area (Å²) in [5.74, 6) is -1.17. The number of carboxylic acids is 1. The van der Waals surface area contributed by atoms with Gasteiger partial charge in [0.1, 0.15) is 5.75 Å². The van der Waals surface area contributed by atoms with Crippen LogP contribution in [0.25, 0.3) is 0 Å². The average molecular weight is 300 g/mol. The fourth-order valence-corrected chi connectivity index (χ4v) is 2.38. The molecule has 2 unspecified atom stereocenters. The van der Waals surface area contributed by atoms with Gasteiger partial charge in [-0.1, -0.05) is 0 Å². The molecule has 2 atom stereocenters. The standard InChI is InChI=1S/C12H16N2O5S/c1-7(6-20(2)19)13-12(18)14-10-4-3-8(15)5-9(10)11(16)17/h3-5,7,15H,6H2,1-2H3,(H,16,17)(H2,13,14,18). The van der Waals surface area contributed by atoms with Crippen molar-refractivity contribution in [1.82, 2.24) is 5.32 Å². The number of hydrogen-bond acceptors (Lipinski definition) is 4. The molecule has 0 aromatic heterocycles. The van der Waals surface area contributed by atoms with Crippen LogP contribution in [0.1, 0.15) is 17.3 Å². The number of phenolic OH excluding ortho intramolecular Hbond substituents is 1. The van der Waals surface area contributed by atoms with Crippen molar-refractivity contribution in [2.45, 2.75) is 13.0 Å². The number of amides is 2. The zero-order valence-corrected chi connectivity index (χ0v) is 11.9. The van der Waals surface area contributed by atoms with E-state index in [1.54, 1.807) is 6.92 Å². The molecule has 0 aliphatic heterocycles. The molecule has 8 heteroatoms. The molecule has 2 amide bonds. The molecule has 0 heterocycles. The summed E-state index contributed by atoms with van der Waals surface area (Å²) in [5.41, 5.74) is -0.149. The Morgan fingerprint density at radius 2 is 2.05 bits per heavy atom. The zero-order valence-electron chi connectivity index (χ0n) is 11.0. The van der Waals surface area contributed by atoms with Crippen LogP contribution in [-0.2, 0) is 10.8 Å². The lowest BCUT2D eigenvalue weighted by Gasteiger charge is -2.14. The van der Waals surface area contributed by atoms with Gasteiger partial charge in [0.2, 0.25) is 0 Å². The molecule has 1 aromatic carbocycles. The number of carbonyl (C=O) groups is 2. The van der Waals surface area contributed by atoms with Crippen LogP contribution in [0.3, 0.4) is 0 Å². The van der Waals surface area contributed by atoms with Crippen LogP contribution in [0.15, 0.2) is 18.2 Å². The minimum absolute atomic E-state index is 0.0672. The molecule has 7 nitrogen and oxygen atoms in total. The van der Waals surface area contributed by atoms with E-state index in [2.05, 4.69) is 10.6 Å². The third-order valence-electron chi connectivity index (χ3n) is 2.34. The van der Waals surface area contributed by atoms with Gasteiger partial charge in [0, 0.05) is 28.9 Å². The summed E-state index contributed by atoms with van der Waals surface area (Å²) < 4.78 is 11.0. The molecule has 1 rings (SSSR count). The maximum atomic E-state index is 11.7.